The first-order chi connectivity index (χ1) is 7.50. The van der Waals surface area contributed by atoms with Gasteiger partial charge in [-0.1, -0.05) is 13.8 Å². The minimum Gasteiger partial charge on any atom is -0.391 e. The van der Waals surface area contributed by atoms with Crippen LogP contribution in [-0.4, -0.2) is 47.8 Å². The monoisotopic (exact) mass is 227 g/mol. The molecule has 0 aromatic rings. The number of ether oxygens (including phenoxy) is 1. The van der Waals surface area contributed by atoms with Crippen LogP contribution in [0.15, 0.2) is 0 Å². The van der Waals surface area contributed by atoms with Crippen LogP contribution in [0.2, 0.25) is 0 Å². The van der Waals surface area contributed by atoms with Crippen LogP contribution < -0.4 is 0 Å². The molecule has 0 spiro atoms. The Balaban J connectivity index is 1.94. The van der Waals surface area contributed by atoms with Gasteiger partial charge in [0.05, 0.1) is 6.10 Å². The maximum absolute atomic E-state index is 12.0. The highest BCUT2D eigenvalue weighted by Crippen LogP contribution is 2.31. The Kier molecular flexibility index (Phi) is 3.22. The van der Waals surface area contributed by atoms with Crippen molar-refractivity contribution in [2.45, 2.75) is 45.3 Å². The van der Waals surface area contributed by atoms with Gasteiger partial charge in [0, 0.05) is 19.7 Å². The van der Waals surface area contributed by atoms with Crippen molar-refractivity contribution in [2.75, 3.05) is 19.7 Å². The summed E-state index contributed by atoms with van der Waals surface area (Å²) in [7, 11) is 0. The first-order valence-corrected chi connectivity index (χ1v) is 6.09. The predicted octanol–water partition coefficient (Wildman–Crippen LogP) is 0.785. The number of aliphatic hydroxyl groups excluding tert-OH is 1. The molecular weight excluding hydrogens is 206 g/mol. The van der Waals surface area contributed by atoms with Crippen LogP contribution in [-0.2, 0) is 9.53 Å². The first-order valence-electron chi connectivity index (χ1n) is 6.09. The fraction of sp³-hybridized carbons (Fsp3) is 0.917. The molecule has 2 aliphatic heterocycles. The van der Waals surface area contributed by atoms with Crippen molar-refractivity contribution < 1.29 is 14.6 Å². The van der Waals surface area contributed by atoms with Crippen molar-refractivity contribution in [3.8, 4) is 0 Å². The third kappa shape index (κ3) is 2.23. The van der Waals surface area contributed by atoms with Crippen LogP contribution in [0.1, 0.15) is 33.1 Å². The Bertz CT molecular complexity index is 271. The number of β-amino-alcohol motifs (C(OH)–C–C–N with tert-alkyl or cyclic N) is 1. The first kappa shape index (κ1) is 11.9. The van der Waals surface area contributed by atoms with Crippen LogP contribution >= 0.6 is 0 Å². The van der Waals surface area contributed by atoms with Gasteiger partial charge in [0.25, 0.3) is 5.91 Å². The Hall–Kier alpha value is -0.610. The fourth-order valence-corrected chi connectivity index (χ4v) is 2.31. The Morgan fingerprint density at radius 2 is 2.25 bits per heavy atom. The van der Waals surface area contributed by atoms with Gasteiger partial charge in [0.1, 0.15) is 6.10 Å². The zero-order chi connectivity index (χ0) is 11.8. The highest BCUT2D eigenvalue weighted by atomic mass is 16.5. The molecule has 0 bridgehead atoms. The van der Waals surface area contributed by atoms with Crippen LogP contribution in [0.5, 0.6) is 0 Å². The van der Waals surface area contributed by atoms with E-state index < -0.39 is 6.10 Å². The van der Waals surface area contributed by atoms with Gasteiger partial charge in [-0.25, -0.2) is 0 Å². The van der Waals surface area contributed by atoms with E-state index in [2.05, 4.69) is 0 Å². The van der Waals surface area contributed by atoms with Gasteiger partial charge < -0.3 is 14.7 Å². The van der Waals surface area contributed by atoms with E-state index in [1.165, 1.54) is 0 Å². The summed E-state index contributed by atoms with van der Waals surface area (Å²) in [5.41, 5.74) is -0.0761. The number of hydrogen-bond donors (Lipinski definition) is 1. The quantitative estimate of drug-likeness (QED) is 0.720. The minimum atomic E-state index is -0.424. The van der Waals surface area contributed by atoms with Crippen molar-refractivity contribution in [3.63, 3.8) is 0 Å². The number of piperidine rings is 1. The second-order valence-corrected chi connectivity index (χ2v) is 5.54. The number of rotatable bonds is 1. The Morgan fingerprint density at radius 3 is 2.81 bits per heavy atom. The van der Waals surface area contributed by atoms with Crippen molar-refractivity contribution in [2.24, 2.45) is 5.41 Å². The van der Waals surface area contributed by atoms with E-state index in [0.29, 0.717) is 13.2 Å². The molecule has 2 saturated heterocycles. The highest BCUT2D eigenvalue weighted by Gasteiger charge is 2.38. The Morgan fingerprint density at radius 1 is 1.50 bits per heavy atom. The average Bonchev–Trinajstić information content (AvgIpc) is 2.74. The van der Waals surface area contributed by atoms with E-state index >= 15 is 0 Å². The summed E-state index contributed by atoms with van der Waals surface area (Å²) in [6.07, 6.45) is 1.97. The second-order valence-electron chi connectivity index (χ2n) is 5.54. The SMILES string of the molecule is CC1(C)CCN(C(=O)C2CCCO2)CC1O. The van der Waals surface area contributed by atoms with Crippen LogP contribution in [0, 0.1) is 5.41 Å². The number of amides is 1. The molecular formula is C12H21NO3. The van der Waals surface area contributed by atoms with Gasteiger partial charge in [-0.15, -0.1) is 0 Å². The minimum absolute atomic E-state index is 0.0621. The highest BCUT2D eigenvalue weighted by molar-refractivity contribution is 5.81. The van der Waals surface area contributed by atoms with Gasteiger partial charge >= 0.3 is 0 Å². The van der Waals surface area contributed by atoms with E-state index in [9.17, 15) is 9.90 Å². The molecule has 2 fully saturated rings. The lowest BCUT2D eigenvalue weighted by Crippen LogP contribution is -2.52. The molecule has 1 N–H and O–H groups in total. The van der Waals surface area contributed by atoms with Gasteiger partial charge in [-0.2, -0.15) is 0 Å². The van der Waals surface area contributed by atoms with Gasteiger partial charge in [-0.3, -0.25) is 4.79 Å². The van der Waals surface area contributed by atoms with E-state index in [4.69, 9.17) is 4.74 Å². The van der Waals surface area contributed by atoms with Crippen LogP contribution in [0.3, 0.4) is 0 Å². The molecule has 2 rings (SSSR count). The van der Waals surface area contributed by atoms with E-state index in [1.807, 2.05) is 13.8 Å². The lowest BCUT2D eigenvalue weighted by molar-refractivity contribution is -0.147. The largest absolute Gasteiger partial charge is 0.391 e. The molecule has 0 radical (unpaired) electrons. The summed E-state index contributed by atoms with van der Waals surface area (Å²) in [5, 5.41) is 9.96. The zero-order valence-corrected chi connectivity index (χ0v) is 10.1. The summed E-state index contributed by atoms with van der Waals surface area (Å²) in [5.74, 6) is 0.0621. The molecule has 0 saturated carbocycles. The Labute approximate surface area is 96.6 Å². The fourth-order valence-electron chi connectivity index (χ4n) is 2.31. The molecule has 2 aliphatic rings. The number of nitrogens with zero attached hydrogens (tertiary/aromatic N) is 1. The van der Waals surface area contributed by atoms with Crippen LogP contribution in [0.25, 0.3) is 0 Å². The third-order valence-corrected chi connectivity index (χ3v) is 3.84. The topological polar surface area (TPSA) is 49.8 Å². The lowest BCUT2D eigenvalue weighted by Gasteiger charge is -2.41. The molecule has 0 aromatic heterocycles. The second kappa shape index (κ2) is 4.34. The van der Waals surface area contributed by atoms with Gasteiger partial charge in [0.2, 0.25) is 0 Å². The number of hydrogen-bond acceptors (Lipinski definition) is 3. The average molecular weight is 227 g/mol. The molecule has 2 atom stereocenters. The van der Waals surface area contributed by atoms with E-state index in [0.717, 1.165) is 25.8 Å². The molecule has 0 aliphatic carbocycles. The standard InChI is InChI=1S/C12H21NO3/c1-12(2)5-6-13(8-10(12)14)11(15)9-4-3-7-16-9/h9-10,14H,3-8H2,1-2H3. The number of carbonyl (C=O) groups is 1. The summed E-state index contributed by atoms with van der Waals surface area (Å²) in [6, 6.07) is 0. The maximum atomic E-state index is 12.0. The van der Waals surface area contributed by atoms with Crippen molar-refractivity contribution in [1.29, 1.82) is 0 Å². The smallest absolute Gasteiger partial charge is 0.251 e. The van der Waals surface area contributed by atoms with Crippen molar-refractivity contribution >= 4 is 5.91 Å². The number of carbonyl (C=O) groups excluding carboxylic acids is 1. The number of likely N-dealkylation sites (tertiary alicyclic amines) is 1. The normalized spacial score (nSPS) is 34.1. The maximum Gasteiger partial charge on any atom is 0.251 e. The lowest BCUT2D eigenvalue weighted by atomic mass is 9.80. The molecule has 0 aromatic carbocycles. The van der Waals surface area contributed by atoms with E-state index in [-0.39, 0.29) is 17.4 Å². The molecule has 1 amide bonds. The van der Waals surface area contributed by atoms with Gasteiger partial charge in [0.15, 0.2) is 0 Å². The summed E-state index contributed by atoms with van der Waals surface area (Å²) in [6.45, 7) is 5.98. The van der Waals surface area contributed by atoms with Crippen molar-refractivity contribution in [1.82, 2.24) is 4.90 Å². The summed E-state index contributed by atoms with van der Waals surface area (Å²) >= 11 is 0. The molecule has 2 unspecified atom stereocenters. The predicted molar refractivity (Wildman–Crippen MR) is 60.0 cm³/mol. The van der Waals surface area contributed by atoms with Crippen molar-refractivity contribution in [3.05, 3.63) is 0 Å². The van der Waals surface area contributed by atoms with Crippen LogP contribution in [0.4, 0.5) is 0 Å². The number of aliphatic hydroxyl groups is 1. The molecule has 92 valence electrons. The third-order valence-electron chi connectivity index (χ3n) is 3.84. The molecule has 16 heavy (non-hydrogen) atoms. The molecule has 4 heteroatoms. The molecule has 4 nitrogen and oxygen atoms in total. The molecule has 2 heterocycles. The summed E-state index contributed by atoms with van der Waals surface area (Å²) < 4.78 is 5.38. The summed E-state index contributed by atoms with van der Waals surface area (Å²) in [4.78, 5) is 13.8. The zero-order valence-electron chi connectivity index (χ0n) is 10.1. The van der Waals surface area contributed by atoms with E-state index in [1.54, 1.807) is 4.90 Å². The van der Waals surface area contributed by atoms with Gasteiger partial charge in [-0.05, 0) is 24.7 Å².